The normalized spacial score (nSPS) is 10.6. The van der Waals surface area contributed by atoms with Gasteiger partial charge < -0.3 is 5.32 Å². The van der Waals surface area contributed by atoms with Crippen LogP contribution in [0, 0.1) is 5.82 Å². The van der Waals surface area contributed by atoms with Gasteiger partial charge in [-0.1, -0.05) is 42.5 Å². The van der Waals surface area contributed by atoms with Gasteiger partial charge in [-0.05, 0) is 12.1 Å². The van der Waals surface area contributed by atoms with Crippen LogP contribution >= 0.6 is 11.3 Å². The minimum Gasteiger partial charge on any atom is -0.356 e. The summed E-state index contributed by atoms with van der Waals surface area (Å²) in [5.74, 6) is -1.14. The van der Waals surface area contributed by atoms with Crippen molar-refractivity contribution in [2.24, 2.45) is 0 Å². The van der Waals surface area contributed by atoms with Crippen molar-refractivity contribution < 1.29 is 14.0 Å². The Morgan fingerprint density at radius 3 is 2.52 bits per heavy atom. The van der Waals surface area contributed by atoms with Crippen LogP contribution in [-0.2, 0) is 11.2 Å². The van der Waals surface area contributed by atoms with Gasteiger partial charge in [0.25, 0.3) is 0 Å². The molecule has 0 unspecified atom stereocenters. The quantitative estimate of drug-likeness (QED) is 0.592. The van der Waals surface area contributed by atoms with Gasteiger partial charge in [0.15, 0.2) is 5.78 Å². The number of halogens is 1. The van der Waals surface area contributed by atoms with Crippen LogP contribution in [0.1, 0.15) is 28.9 Å². The molecule has 2 aromatic carbocycles. The van der Waals surface area contributed by atoms with E-state index in [-0.39, 0.29) is 30.1 Å². The van der Waals surface area contributed by atoms with Gasteiger partial charge in [-0.15, -0.1) is 11.3 Å². The molecule has 0 fully saturated rings. The Hall–Kier alpha value is -2.86. The standard InChI is InChI=1S/C21H19FN2O2S/c22-18-9-5-4-8-17(18)19(25)10-11-20(26)23-13-12-16-14-27-21(24-16)15-6-2-1-3-7-15/h1-9,14H,10-13H2,(H,23,26). The van der Waals surface area contributed by atoms with Gasteiger partial charge in [0, 0.05) is 36.8 Å². The molecular formula is C21H19FN2O2S. The summed E-state index contributed by atoms with van der Waals surface area (Å²) in [7, 11) is 0. The molecule has 0 saturated heterocycles. The van der Waals surface area contributed by atoms with Crippen LogP contribution in [0.4, 0.5) is 4.39 Å². The van der Waals surface area contributed by atoms with E-state index in [4.69, 9.17) is 0 Å². The number of rotatable bonds is 8. The van der Waals surface area contributed by atoms with E-state index < -0.39 is 5.82 Å². The number of carbonyl (C=O) groups is 2. The molecular weight excluding hydrogens is 363 g/mol. The van der Waals surface area contributed by atoms with Crippen molar-refractivity contribution in [1.82, 2.24) is 10.3 Å². The van der Waals surface area contributed by atoms with Crippen molar-refractivity contribution in [1.29, 1.82) is 0 Å². The van der Waals surface area contributed by atoms with Crippen molar-refractivity contribution in [3.8, 4) is 10.6 Å². The van der Waals surface area contributed by atoms with Gasteiger partial charge >= 0.3 is 0 Å². The fourth-order valence-corrected chi connectivity index (χ4v) is 3.46. The van der Waals surface area contributed by atoms with Crippen molar-refractivity contribution >= 4 is 23.0 Å². The Kier molecular flexibility index (Phi) is 6.44. The number of amides is 1. The molecule has 0 aliphatic heterocycles. The first-order valence-electron chi connectivity index (χ1n) is 8.68. The molecule has 1 heterocycles. The molecule has 4 nitrogen and oxygen atoms in total. The molecule has 1 aromatic heterocycles. The molecule has 0 aliphatic rings. The average Bonchev–Trinajstić information content (AvgIpc) is 3.16. The minimum absolute atomic E-state index is 0.0123. The van der Waals surface area contributed by atoms with E-state index in [9.17, 15) is 14.0 Å². The highest BCUT2D eigenvalue weighted by atomic mass is 32.1. The van der Waals surface area contributed by atoms with Crippen molar-refractivity contribution in [2.75, 3.05) is 6.54 Å². The van der Waals surface area contributed by atoms with E-state index in [2.05, 4.69) is 10.3 Å². The fraction of sp³-hybridized carbons (Fsp3) is 0.190. The molecule has 3 rings (SSSR count). The fourth-order valence-electron chi connectivity index (χ4n) is 2.60. The Morgan fingerprint density at radius 1 is 1.00 bits per heavy atom. The maximum absolute atomic E-state index is 13.6. The molecule has 0 atom stereocenters. The van der Waals surface area contributed by atoms with Gasteiger partial charge in [0.2, 0.25) is 5.91 Å². The lowest BCUT2D eigenvalue weighted by atomic mass is 10.1. The molecule has 0 saturated carbocycles. The zero-order valence-electron chi connectivity index (χ0n) is 14.7. The number of thiazole rings is 1. The largest absolute Gasteiger partial charge is 0.356 e. The predicted molar refractivity (Wildman–Crippen MR) is 104 cm³/mol. The van der Waals surface area contributed by atoms with Crippen LogP contribution in [0.25, 0.3) is 10.6 Å². The van der Waals surface area contributed by atoms with E-state index in [0.29, 0.717) is 13.0 Å². The summed E-state index contributed by atoms with van der Waals surface area (Å²) in [6.45, 7) is 0.449. The SMILES string of the molecule is O=C(CCC(=O)c1ccccc1F)NCCc1csc(-c2ccccc2)n1. The van der Waals surface area contributed by atoms with E-state index in [1.165, 1.54) is 18.2 Å². The Balaban J connectivity index is 1.42. The van der Waals surface area contributed by atoms with Gasteiger partial charge in [-0.2, -0.15) is 0 Å². The molecule has 1 amide bonds. The molecule has 0 spiro atoms. The maximum Gasteiger partial charge on any atom is 0.220 e. The number of hydrogen-bond acceptors (Lipinski definition) is 4. The van der Waals surface area contributed by atoms with E-state index in [1.54, 1.807) is 17.4 Å². The summed E-state index contributed by atoms with van der Waals surface area (Å²) in [4.78, 5) is 28.5. The highest BCUT2D eigenvalue weighted by Gasteiger charge is 2.13. The summed E-state index contributed by atoms with van der Waals surface area (Å²) < 4.78 is 13.6. The first-order valence-corrected chi connectivity index (χ1v) is 9.55. The lowest BCUT2D eigenvalue weighted by molar-refractivity contribution is -0.121. The van der Waals surface area contributed by atoms with Crippen LogP contribution in [0.5, 0.6) is 0 Å². The second-order valence-corrected chi connectivity index (χ2v) is 6.87. The molecule has 0 aliphatic carbocycles. The Labute approximate surface area is 161 Å². The van der Waals surface area contributed by atoms with E-state index >= 15 is 0 Å². The van der Waals surface area contributed by atoms with Crippen LogP contribution in [0.3, 0.4) is 0 Å². The summed E-state index contributed by atoms with van der Waals surface area (Å²) in [6, 6.07) is 15.7. The number of benzene rings is 2. The second kappa shape index (κ2) is 9.19. The predicted octanol–water partition coefficient (Wildman–Crippen LogP) is 4.27. The maximum atomic E-state index is 13.6. The first kappa shape index (κ1) is 18.9. The highest BCUT2D eigenvalue weighted by Crippen LogP contribution is 2.23. The molecule has 1 N–H and O–H groups in total. The number of Topliss-reactive ketones (excluding diaryl/α,β-unsaturated/α-hetero) is 1. The number of carbonyl (C=O) groups excluding carboxylic acids is 2. The van der Waals surface area contributed by atoms with Crippen LogP contribution < -0.4 is 5.32 Å². The topological polar surface area (TPSA) is 59.1 Å². The number of nitrogens with zero attached hydrogens (tertiary/aromatic N) is 1. The Bertz CT molecular complexity index is 925. The third-order valence-corrected chi connectivity index (χ3v) is 4.97. The van der Waals surface area contributed by atoms with Crippen molar-refractivity contribution in [3.05, 3.63) is 77.1 Å². The third-order valence-electron chi connectivity index (χ3n) is 4.03. The zero-order valence-corrected chi connectivity index (χ0v) is 15.5. The van der Waals surface area contributed by atoms with E-state index in [1.807, 2.05) is 35.7 Å². The lowest BCUT2D eigenvalue weighted by Crippen LogP contribution is -2.26. The molecule has 0 radical (unpaired) electrons. The summed E-state index contributed by atoms with van der Waals surface area (Å²) in [5, 5.41) is 5.71. The Morgan fingerprint density at radius 2 is 1.74 bits per heavy atom. The smallest absolute Gasteiger partial charge is 0.220 e. The lowest BCUT2D eigenvalue weighted by Gasteiger charge is -2.05. The first-order chi connectivity index (χ1) is 13.1. The van der Waals surface area contributed by atoms with Crippen molar-refractivity contribution in [2.45, 2.75) is 19.3 Å². The highest BCUT2D eigenvalue weighted by molar-refractivity contribution is 7.13. The number of hydrogen-bond donors (Lipinski definition) is 1. The second-order valence-electron chi connectivity index (χ2n) is 6.01. The van der Waals surface area contributed by atoms with Crippen molar-refractivity contribution in [3.63, 3.8) is 0 Å². The zero-order chi connectivity index (χ0) is 19.1. The number of nitrogens with one attached hydrogen (secondary N) is 1. The summed E-state index contributed by atoms with van der Waals surface area (Å²) >= 11 is 1.57. The van der Waals surface area contributed by atoms with Gasteiger partial charge in [-0.3, -0.25) is 9.59 Å². The number of ketones is 1. The van der Waals surface area contributed by atoms with Gasteiger partial charge in [0.05, 0.1) is 11.3 Å². The molecule has 0 bridgehead atoms. The average molecular weight is 382 g/mol. The molecule has 138 valence electrons. The molecule has 3 aromatic rings. The summed E-state index contributed by atoms with van der Waals surface area (Å²) in [5.41, 5.74) is 2.02. The summed E-state index contributed by atoms with van der Waals surface area (Å²) in [6.07, 6.45) is 0.650. The minimum atomic E-state index is -0.555. The van der Waals surface area contributed by atoms with E-state index in [0.717, 1.165) is 16.3 Å². The van der Waals surface area contributed by atoms with Crippen LogP contribution in [-0.4, -0.2) is 23.2 Å². The third kappa shape index (κ3) is 5.31. The van der Waals surface area contributed by atoms with Gasteiger partial charge in [-0.25, -0.2) is 9.37 Å². The van der Waals surface area contributed by atoms with Crippen LogP contribution in [0.15, 0.2) is 60.0 Å². The number of aromatic nitrogens is 1. The molecule has 27 heavy (non-hydrogen) atoms. The van der Waals surface area contributed by atoms with Gasteiger partial charge in [0.1, 0.15) is 10.8 Å². The van der Waals surface area contributed by atoms with Crippen LogP contribution in [0.2, 0.25) is 0 Å². The molecule has 6 heteroatoms. The monoisotopic (exact) mass is 382 g/mol.